The van der Waals surface area contributed by atoms with Crippen LogP contribution in [0.3, 0.4) is 0 Å². The molecule has 0 saturated heterocycles. The molecule has 0 aliphatic heterocycles. The molecule has 0 aromatic rings. The fraction of sp³-hybridized carbons (Fsp3) is 0.889. The molecular formula is C9H19NO3. The minimum Gasteiger partial charge on any atom is -0.469 e. The van der Waals surface area contributed by atoms with Gasteiger partial charge in [0.05, 0.1) is 19.6 Å². The Balaban J connectivity index is 3.30. The van der Waals surface area contributed by atoms with E-state index in [-0.39, 0.29) is 18.0 Å². The van der Waals surface area contributed by atoms with E-state index in [2.05, 4.69) is 10.1 Å². The molecule has 0 bridgehead atoms. The Hall–Kier alpha value is -0.610. The highest BCUT2D eigenvalue weighted by atomic mass is 16.5. The Morgan fingerprint density at radius 3 is 2.62 bits per heavy atom. The molecule has 13 heavy (non-hydrogen) atoms. The zero-order valence-corrected chi connectivity index (χ0v) is 8.54. The van der Waals surface area contributed by atoms with Gasteiger partial charge < -0.3 is 15.2 Å². The maximum absolute atomic E-state index is 10.7. The van der Waals surface area contributed by atoms with Crippen LogP contribution in [-0.2, 0) is 9.53 Å². The number of methoxy groups -OCH3 is 1. The average Bonchev–Trinajstić information content (AvgIpc) is 2.11. The lowest BCUT2D eigenvalue weighted by molar-refractivity contribution is -0.140. The van der Waals surface area contributed by atoms with Gasteiger partial charge >= 0.3 is 5.97 Å². The van der Waals surface area contributed by atoms with Gasteiger partial charge in [-0.1, -0.05) is 13.8 Å². The molecule has 0 spiro atoms. The molecular weight excluding hydrogens is 170 g/mol. The molecule has 4 nitrogen and oxygen atoms in total. The Morgan fingerprint density at radius 1 is 1.54 bits per heavy atom. The van der Waals surface area contributed by atoms with E-state index in [9.17, 15) is 9.90 Å². The van der Waals surface area contributed by atoms with Crippen molar-refractivity contribution in [1.82, 2.24) is 5.32 Å². The molecule has 2 N–H and O–H groups in total. The van der Waals surface area contributed by atoms with Crippen LogP contribution in [0.15, 0.2) is 0 Å². The second-order valence-corrected chi connectivity index (χ2v) is 3.34. The minimum absolute atomic E-state index is 0.230. The molecule has 0 aromatic heterocycles. The van der Waals surface area contributed by atoms with Gasteiger partial charge in [0.15, 0.2) is 0 Å². The minimum atomic E-state index is -0.349. The smallest absolute Gasteiger partial charge is 0.306 e. The molecule has 78 valence electrons. The Labute approximate surface area is 79.3 Å². The standard InChI is InChI=1S/C9H19NO3/c1-7(2)8(11)6-10-5-4-9(12)13-3/h7-8,10-11H,4-6H2,1-3H3. The monoisotopic (exact) mass is 189 g/mol. The highest BCUT2D eigenvalue weighted by Gasteiger charge is 2.08. The molecule has 0 aromatic carbocycles. The Kier molecular flexibility index (Phi) is 6.54. The lowest BCUT2D eigenvalue weighted by atomic mass is 10.1. The predicted molar refractivity (Wildman–Crippen MR) is 50.3 cm³/mol. The van der Waals surface area contributed by atoms with Gasteiger partial charge in [-0.05, 0) is 5.92 Å². The van der Waals surface area contributed by atoms with Gasteiger partial charge in [0.1, 0.15) is 0 Å². The summed E-state index contributed by atoms with van der Waals surface area (Å²) in [5, 5.41) is 12.4. The van der Waals surface area contributed by atoms with Crippen LogP contribution >= 0.6 is 0 Å². The third-order valence-corrected chi connectivity index (χ3v) is 1.86. The predicted octanol–water partition coefficient (Wildman–Crippen LogP) is 0.156. The molecule has 0 amide bonds. The van der Waals surface area contributed by atoms with Crippen LogP contribution < -0.4 is 5.32 Å². The van der Waals surface area contributed by atoms with Gasteiger partial charge in [0.2, 0.25) is 0 Å². The van der Waals surface area contributed by atoms with E-state index in [4.69, 9.17) is 0 Å². The first-order valence-electron chi connectivity index (χ1n) is 4.53. The first-order valence-corrected chi connectivity index (χ1v) is 4.53. The van der Waals surface area contributed by atoms with E-state index in [0.29, 0.717) is 19.5 Å². The summed E-state index contributed by atoms with van der Waals surface area (Å²) in [6, 6.07) is 0. The lowest BCUT2D eigenvalue weighted by Crippen LogP contribution is -2.31. The van der Waals surface area contributed by atoms with Crippen molar-refractivity contribution in [3.63, 3.8) is 0 Å². The lowest BCUT2D eigenvalue weighted by Gasteiger charge is -2.14. The van der Waals surface area contributed by atoms with Crippen LogP contribution in [0.5, 0.6) is 0 Å². The average molecular weight is 189 g/mol. The molecule has 0 fully saturated rings. The van der Waals surface area contributed by atoms with Crippen molar-refractivity contribution < 1.29 is 14.6 Å². The van der Waals surface area contributed by atoms with Crippen molar-refractivity contribution in [3.05, 3.63) is 0 Å². The Bertz CT molecular complexity index is 148. The van der Waals surface area contributed by atoms with Crippen molar-refractivity contribution in [2.24, 2.45) is 5.92 Å². The summed E-state index contributed by atoms with van der Waals surface area (Å²) >= 11 is 0. The highest BCUT2D eigenvalue weighted by molar-refractivity contribution is 5.69. The normalized spacial score (nSPS) is 13.0. The molecule has 0 aliphatic rings. The van der Waals surface area contributed by atoms with Crippen LogP contribution in [-0.4, -0.2) is 37.4 Å². The van der Waals surface area contributed by atoms with Gasteiger partial charge in [-0.3, -0.25) is 4.79 Å². The summed E-state index contributed by atoms with van der Waals surface area (Å²) in [6.07, 6.45) is -0.000874. The number of hydrogen-bond donors (Lipinski definition) is 2. The molecule has 4 heteroatoms. The van der Waals surface area contributed by atoms with E-state index >= 15 is 0 Å². The second-order valence-electron chi connectivity index (χ2n) is 3.34. The van der Waals surface area contributed by atoms with Crippen molar-refractivity contribution in [2.45, 2.75) is 26.4 Å². The Morgan fingerprint density at radius 2 is 2.15 bits per heavy atom. The van der Waals surface area contributed by atoms with Gasteiger partial charge in [0, 0.05) is 13.1 Å². The third kappa shape index (κ3) is 6.54. The van der Waals surface area contributed by atoms with Crippen LogP contribution in [0.25, 0.3) is 0 Å². The number of aliphatic hydroxyl groups is 1. The number of rotatable bonds is 6. The molecule has 0 rings (SSSR count). The number of esters is 1. The topological polar surface area (TPSA) is 58.6 Å². The van der Waals surface area contributed by atoms with Crippen LogP contribution in [0, 0.1) is 5.92 Å². The van der Waals surface area contributed by atoms with Crippen LogP contribution in [0.2, 0.25) is 0 Å². The van der Waals surface area contributed by atoms with Gasteiger partial charge in [-0.15, -0.1) is 0 Å². The SMILES string of the molecule is COC(=O)CCNCC(O)C(C)C. The first-order chi connectivity index (χ1) is 6.07. The maximum Gasteiger partial charge on any atom is 0.306 e. The number of carbonyl (C=O) groups excluding carboxylic acids is 1. The fourth-order valence-corrected chi connectivity index (χ4v) is 0.778. The summed E-state index contributed by atoms with van der Waals surface area (Å²) in [7, 11) is 1.37. The molecule has 1 atom stereocenters. The summed E-state index contributed by atoms with van der Waals surface area (Å²) in [5.41, 5.74) is 0. The van der Waals surface area contributed by atoms with Gasteiger partial charge in [-0.25, -0.2) is 0 Å². The number of carbonyl (C=O) groups is 1. The van der Waals surface area contributed by atoms with E-state index in [1.165, 1.54) is 7.11 Å². The van der Waals surface area contributed by atoms with Crippen molar-refractivity contribution in [3.8, 4) is 0 Å². The zero-order valence-electron chi connectivity index (χ0n) is 8.54. The number of nitrogens with one attached hydrogen (secondary N) is 1. The van der Waals surface area contributed by atoms with Crippen LogP contribution in [0.4, 0.5) is 0 Å². The summed E-state index contributed by atoms with van der Waals surface area (Å²) in [6.45, 7) is 4.98. The summed E-state index contributed by atoms with van der Waals surface area (Å²) in [4.78, 5) is 10.7. The molecule has 0 saturated carbocycles. The quantitative estimate of drug-likeness (QED) is 0.461. The van der Waals surface area contributed by atoms with E-state index in [0.717, 1.165) is 0 Å². The fourth-order valence-electron chi connectivity index (χ4n) is 0.778. The van der Waals surface area contributed by atoms with Crippen molar-refractivity contribution in [1.29, 1.82) is 0 Å². The molecule has 1 unspecified atom stereocenters. The summed E-state index contributed by atoms with van der Waals surface area (Å²) in [5.74, 6) is 0.0113. The van der Waals surface area contributed by atoms with Gasteiger partial charge in [0.25, 0.3) is 0 Å². The van der Waals surface area contributed by atoms with Gasteiger partial charge in [-0.2, -0.15) is 0 Å². The number of ether oxygens (including phenoxy) is 1. The van der Waals surface area contributed by atoms with E-state index < -0.39 is 0 Å². The summed E-state index contributed by atoms with van der Waals surface area (Å²) < 4.78 is 4.46. The third-order valence-electron chi connectivity index (χ3n) is 1.86. The molecule has 0 radical (unpaired) electrons. The number of hydrogen-bond acceptors (Lipinski definition) is 4. The largest absolute Gasteiger partial charge is 0.469 e. The van der Waals surface area contributed by atoms with E-state index in [1.807, 2.05) is 13.8 Å². The second kappa shape index (κ2) is 6.86. The molecule has 0 aliphatic carbocycles. The zero-order chi connectivity index (χ0) is 10.3. The van der Waals surface area contributed by atoms with E-state index in [1.54, 1.807) is 0 Å². The first kappa shape index (κ1) is 12.4. The molecule has 0 heterocycles. The highest BCUT2D eigenvalue weighted by Crippen LogP contribution is 1.98. The van der Waals surface area contributed by atoms with Crippen molar-refractivity contribution >= 4 is 5.97 Å². The van der Waals surface area contributed by atoms with Crippen molar-refractivity contribution in [2.75, 3.05) is 20.2 Å². The maximum atomic E-state index is 10.7. The van der Waals surface area contributed by atoms with Crippen LogP contribution in [0.1, 0.15) is 20.3 Å². The number of aliphatic hydroxyl groups excluding tert-OH is 1.